The molecule has 162 valence electrons. The Balaban J connectivity index is 2.02. The highest BCUT2D eigenvalue weighted by molar-refractivity contribution is 8.00. The zero-order valence-corrected chi connectivity index (χ0v) is 18.6. The minimum absolute atomic E-state index is 0.182. The third-order valence-corrected chi connectivity index (χ3v) is 4.89. The summed E-state index contributed by atoms with van der Waals surface area (Å²) in [5.41, 5.74) is 6.31. The van der Waals surface area contributed by atoms with Crippen molar-refractivity contribution in [3.8, 4) is 17.2 Å². The van der Waals surface area contributed by atoms with Gasteiger partial charge in [-0.15, -0.1) is 11.8 Å². The summed E-state index contributed by atoms with van der Waals surface area (Å²) in [7, 11) is 0. The van der Waals surface area contributed by atoms with Crippen molar-refractivity contribution < 1.29 is 23.8 Å². The average molecular weight is 433 g/mol. The zero-order chi connectivity index (χ0) is 21.9. The van der Waals surface area contributed by atoms with Gasteiger partial charge in [0.1, 0.15) is 0 Å². The molecule has 0 aromatic heterocycles. The van der Waals surface area contributed by atoms with E-state index in [1.165, 1.54) is 11.8 Å². The Morgan fingerprint density at radius 2 is 1.43 bits per heavy atom. The first kappa shape index (κ1) is 23.4. The fraction of sp³-hybridized carbons (Fsp3) is 0.364. The van der Waals surface area contributed by atoms with E-state index in [1.807, 2.05) is 52.0 Å². The molecule has 0 saturated heterocycles. The van der Waals surface area contributed by atoms with Crippen LogP contribution in [0.1, 0.15) is 36.7 Å². The molecule has 0 heterocycles. The molecule has 2 aromatic carbocycles. The molecule has 30 heavy (non-hydrogen) atoms. The van der Waals surface area contributed by atoms with Crippen LogP contribution in [0.5, 0.6) is 17.2 Å². The summed E-state index contributed by atoms with van der Waals surface area (Å²) < 4.78 is 16.9. The van der Waals surface area contributed by atoms with Gasteiger partial charge in [-0.05, 0) is 52.0 Å². The van der Waals surface area contributed by atoms with Crippen molar-refractivity contribution in [1.82, 2.24) is 10.9 Å². The lowest BCUT2D eigenvalue weighted by atomic mass is 10.1. The van der Waals surface area contributed by atoms with Crippen LogP contribution in [0, 0.1) is 6.92 Å². The number of benzene rings is 2. The molecule has 0 atom stereocenters. The Morgan fingerprint density at radius 3 is 1.97 bits per heavy atom. The molecule has 0 saturated carbocycles. The van der Waals surface area contributed by atoms with Crippen LogP contribution in [-0.2, 0) is 4.79 Å². The second-order valence-electron chi connectivity index (χ2n) is 6.20. The Morgan fingerprint density at radius 1 is 0.867 bits per heavy atom. The Labute approximate surface area is 181 Å². The standard InChI is InChI=1S/C22H28N2O5S/c1-5-27-18-12-16(13-19(28-6-2)21(18)29-7-3)22(26)24-23-20(25)14-30-17-10-8-15(4)9-11-17/h8-13H,5-7,14H2,1-4H3,(H,23,25)(H,24,26). The second kappa shape index (κ2) is 12.0. The molecular formula is C22H28N2O5S. The van der Waals surface area contributed by atoms with Crippen LogP contribution in [-0.4, -0.2) is 37.4 Å². The number of hydrogen-bond donors (Lipinski definition) is 2. The number of hydrazine groups is 1. The third kappa shape index (κ3) is 6.88. The molecule has 2 amide bonds. The maximum atomic E-state index is 12.6. The van der Waals surface area contributed by atoms with Crippen molar-refractivity contribution in [3.63, 3.8) is 0 Å². The first-order valence-corrected chi connectivity index (χ1v) is 10.8. The van der Waals surface area contributed by atoms with E-state index in [0.717, 1.165) is 10.5 Å². The van der Waals surface area contributed by atoms with E-state index in [0.29, 0.717) is 37.1 Å². The predicted octanol–water partition coefficient (Wildman–Crippen LogP) is 3.74. The number of amides is 2. The fourth-order valence-corrected chi connectivity index (χ4v) is 3.24. The molecule has 0 aliphatic heterocycles. The van der Waals surface area contributed by atoms with Crippen molar-refractivity contribution in [2.45, 2.75) is 32.6 Å². The normalized spacial score (nSPS) is 10.3. The molecule has 2 N–H and O–H groups in total. The quantitative estimate of drug-likeness (QED) is 0.439. The first-order chi connectivity index (χ1) is 14.5. The maximum absolute atomic E-state index is 12.6. The largest absolute Gasteiger partial charge is 0.490 e. The first-order valence-electron chi connectivity index (χ1n) is 9.83. The number of rotatable bonds is 10. The minimum Gasteiger partial charge on any atom is -0.490 e. The van der Waals surface area contributed by atoms with Crippen molar-refractivity contribution in [2.24, 2.45) is 0 Å². The van der Waals surface area contributed by atoms with Gasteiger partial charge in [-0.2, -0.15) is 0 Å². The molecule has 2 rings (SSSR count). The minimum atomic E-state index is -0.478. The number of ether oxygens (including phenoxy) is 3. The van der Waals surface area contributed by atoms with Gasteiger partial charge in [0, 0.05) is 10.5 Å². The summed E-state index contributed by atoms with van der Waals surface area (Å²) >= 11 is 1.39. The average Bonchev–Trinajstić information content (AvgIpc) is 2.74. The molecule has 2 aromatic rings. The monoisotopic (exact) mass is 432 g/mol. The van der Waals surface area contributed by atoms with Gasteiger partial charge in [-0.25, -0.2) is 0 Å². The van der Waals surface area contributed by atoms with E-state index in [4.69, 9.17) is 14.2 Å². The maximum Gasteiger partial charge on any atom is 0.269 e. The number of thioether (sulfide) groups is 1. The Bertz CT molecular complexity index is 828. The summed E-state index contributed by atoms with van der Waals surface area (Å²) in [6.07, 6.45) is 0. The molecule has 8 heteroatoms. The summed E-state index contributed by atoms with van der Waals surface area (Å²) in [5, 5.41) is 0. The predicted molar refractivity (Wildman–Crippen MR) is 117 cm³/mol. The van der Waals surface area contributed by atoms with Crippen molar-refractivity contribution in [2.75, 3.05) is 25.6 Å². The van der Waals surface area contributed by atoms with Crippen LogP contribution in [0.25, 0.3) is 0 Å². The van der Waals surface area contributed by atoms with Crippen molar-refractivity contribution in [3.05, 3.63) is 47.5 Å². The van der Waals surface area contributed by atoms with Gasteiger partial charge in [0.2, 0.25) is 11.7 Å². The number of carbonyl (C=O) groups is 2. The highest BCUT2D eigenvalue weighted by atomic mass is 32.2. The van der Waals surface area contributed by atoms with Crippen molar-refractivity contribution in [1.29, 1.82) is 0 Å². The van der Waals surface area contributed by atoms with Gasteiger partial charge in [0.15, 0.2) is 11.5 Å². The van der Waals surface area contributed by atoms with Gasteiger partial charge < -0.3 is 14.2 Å². The smallest absolute Gasteiger partial charge is 0.269 e. The van der Waals surface area contributed by atoms with Gasteiger partial charge in [-0.1, -0.05) is 17.7 Å². The van der Waals surface area contributed by atoms with Crippen LogP contribution in [0.4, 0.5) is 0 Å². The molecular weight excluding hydrogens is 404 g/mol. The van der Waals surface area contributed by atoms with Crippen LogP contribution in [0.15, 0.2) is 41.3 Å². The van der Waals surface area contributed by atoms with E-state index >= 15 is 0 Å². The van der Waals surface area contributed by atoms with E-state index in [1.54, 1.807) is 12.1 Å². The zero-order valence-electron chi connectivity index (χ0n) is 17.7. The van der Waals surface area contributed by atoms with E-state index in [9.17, 15) is 9.59 Å². The highest BCUT2D eigenvalue weighted by Gasteiger charge is 2.18. The summed E-state index contributed by atoms with van der Waals surface area (Å²) in [6, 6.07) is 11.0. The molecule has 0 bridgehead atoms. The second-order valence-corrected chi connectivity index (χ2v) is 7.25. The van der Waals surface area contributed by atoms with Gasteiger partial charge in [-0.3, -0.25) is 20.4 Å². The highest BCUT2D eigenvalue weighted by Crippen LogP contribution is 2.39. The fourth-order valence-electron chi connectivity index (χ4n) is 2.54. The lowest BCUT2D eigenvalue weighted by molar-refractivity contribution is -0.119. The molecule has 7 nitrogen and oxygen atoms in total. The summed E-state index contributed by atoms with van der Waals surface area (Å²) in [5.74, 6) is 0.675. The van der Waals surface area contributed by atoms with Crippen molar-refractivity contribution >= 4 is 23.6 Å². The van der Waals surface area contributed by atoms with Crippen LogP contribution in [0.2, 0.25) is 0 Å². The van der Waals surface area contributed by atoms with Gasteiger partial charge in [0.25, 0.3) is 5.91 Å². The van der Waals surface area contributed by atoms with Crippen LogP contribution >= 0.6 is 11.8 Å². The van der Waals surface area contributed by atoms with Gasteiger partial charge in [0.05, 0.1) is 25.6 Å². The third-order valence-electron chi connectivity index (χ3n) is 3.88. The summed E-state index contributed by atoms with van der Waals surface area (Å²) in [4.78, 5) is 25.6. The Hall–Kier alpha value is -2.87. The molecule has 0 radical (unpaired) electrons. The Kier molecular flexibility index (Phi) is 9.34. The van der Waals surface area contributed by atoms with E-state index in [2.05, 4.69) is 10.9 Å². The number of carbonyl (C=O) groups excluding carboxylic acids is 2. The lowest BCUT2D eigenvalue weighted by Gasteiger charge is -2.17. The van der Waals surface area contributed by atoms with E-state index < -0.39 is 5.91 Å². The lowest BCUT2D eigenvalue weighted by Crippen LogP contribution is -2.42. The van der Waals surface area contributed by atoms with Crippen LogP contribution < -0.4 is 25.1 Å². The van der Waals surface area contributed by atoms with Crippen LogP contribution in [0.3, 0.4) is 0 Å². The number of aryl methyl sites for hydroxylation is 1. The summed E-state index contributed by atoms with van der Waals surface area (Å²) in [6.45, 7) is 8.79. The SMILES string of the molecule is CCOc1cc(C(=O)NNC(=O)CSc2ccc(C)cc2)cc(OCC)c1OCC. The number of nitrogens with one attached hydrogen (secondary N) is 2. The molecule has 0 aliphatic carbocycles. The molecule has 0 unspecified atom stereocenters. The van der Waals surface area contributed by atoms with Gasteiger partial charge >= 0.3 is 0 Å². The van der Waals surface area contributed by atoms with E-state index in [-0.39, 0.29) is 17.2 Å². The molecule has 0 aliphatic rings. The topological polar surface area (TPSA) is 85.9 Å². The molecule has 0 fully saturated rings. The molecule has 0 spiro atoms. The number of hydrogen-bond acceptors (Lipinski definition) is 6.